The maximum atomic E-state index is 6.05. The summed E-state index contributed by atoms with van der Waals surface area (Å²) in [6.45, 7) is 9.39. The molecular formula is C29H42N4O2. The first-order valence-electron chi connectivity index (χ1n) is 13.5. The lowest BCUT2D eigenvalue weighted by Gasteiger charge is -2.25. The number of anilines is 1. The van der Waals surface area contributed by atoms with Crippen LogP contribution in [0.3, 0.4) is 0 Å². The van der Waals surface area contributed by atoms with Crippen LogP contribution in [0.2, 0.25) is 0 Å². The number of fused-ring (bicyclic) bond motifs is 2. The third-order valence-corrected chi connectivity index (χ3v) is 6.72. The number of rotatable bonds is 4. The highest BCUT2D eigenvalue weighted by atomic mass is 16.5. The van der Waals surface area contributed by atoms with Gasteiger partial charge < -0.3 is 30.4 Å². The van der Waals surface area contributed by atoms with E-state index in [1.165, 1.54) is 29.5 Å². The minimum atomic E-state index is 0.373. The second-order valence-electron chi connectivity index (χ2n) is 9.21. The lowest BCUT2D eigenvalue weighted by molar-refractivity contribution is 0.162. The second kappa shape index (κ2) is 13.4. The molecule has 35 heavy (non-hydrogen) atoms. The van der Waals surface area contributed by atoms with Crippen molar-refractivity contribution in [1.82, 2.24) is 15.6 Å². The molecule has 3 aliphatic heterocycles. The fourth-order valence-corrected chi connectivity index (χ4v) is 4.84. The van der Waals surface area contributed by atoms with Crippen LogP contribution in [-0.2, 0) is 6.42 Å². The highest BCUT2D eigenvalue weighted by Gasteiger charge is 2.16. The van der Waals surface area contributed by atoms with Gasteiger partial charge >= 0.3 is 0 Å². The summed E-state index contributed by atoms with van der Waals surface area (Å²) < 4.78 is 12.0. The lowest BCUT2D eigenvalue weighted by atomic mass is 10.0. The van der Waals surface area contributed by atoms with Crippen molar-refractivity contribution in [3.63, 3.8) is 0 Å². The Morgan fingerprint density at radius 1 is 0.714 bits per heavy atom. The maximum Gasteiger partial charge on any atom is 0.120 e. The van der Waals surface area contributed by atoms with Gasteiger partial charge in [-0.2, -0.15) is 0 Å². The van der Waals surface area contributed by atoms with Crippen molar-refractivity contribution < 1.29 is 9.47 Å². The molecule has 0 aliphatic carbocycles. The van der Waals surface area contributed by atoms with Crippen LogP contribution in [-0.4, -0.2) is 49.9 Å². The van der Waals surface area contributed by atoms with Gasteiger partial charge in [-0.25, -0.2) is 0 Å². The largest absolute Gasteiger partial charge is 0.490 e. The number of benzene rings is 2. The quantitative estimate of drug-likeness (QED) is 0.399. The van der Waals surface area contributed by atoms with Gasteiger partial charge in [-0.05, 0) is 113 Å². The average Bonchev–Trinajstić information content (AvgIpc) is 3.39. The van der Waals surface area contributed by atoms with Crippen molar-refractivity contribution in [3.05, 3.63) is 54.2 Å². The van der Waals surface area contributed by atoms with E-state index in [9.17, 15) is 0 Å². The monoisotopic (exact) mass is 478 g/mol. The lowest BCUT2D eigenvalue weighted by Crippen LogP contribution is -2.34. The summed E-state index contributed by atoms with van der Waals surface area (Å²) in [5.74, 6) is 2.03. The smallest absolute Gasteiger partial charge is 0.120 e. The Balaban J connectivity index is 0.000000155. The van der Waals surface area contributed by atoms with E-state index in [1.807, 2.05) is 26.1 Å². The fourth-order valence-electron chi connectivity index (χ4n) is 4.84. The molecule has 4 N–H and O–H groups in total. The Hall–Kier alpha value is -2.70. The van der Waals surface area contributed by atoms with Crippen molar-refractivity contribution in [2.24, 2.45) is 0 Å². The first kappa shape index (κ1) is 25.4. The predicted molar refractivity (Wildman–Crippen MR) is 146 cm³/mol. The molecule has 190 valence electrons. The molecule has 0 unspecified atom stereocenters. The van der Waals surface area contributed by atoms with E-state index in [1.54, 1.807) is 0 Å². The van der Waals surface area contributed by atoms with Crippen molar-refractivity contribution in [2.75, 3.05) is 38.0 Å². The van der Waals surface area contributed by atoms with Gasteiger partial charge in [0.1, 0.15) is 23.7 Å². The molecule has 4 heterocycles. The van der Waals surface area contributed by atoms with E-state index in [0.29, 0.717) is 12.2 Å². The van der Waals surface area contributed by atoms with E-state index < -0.39 is 0 Å². The molecule has 0 saturated carbocycles. The maximum absolute atomic E-state index is 6.05. The molecule has 2 aromatic carbocycles. The topological polar surface area (TPSA) is 70.3 Å². The number of aromatic nitrogens is 1. The summed E-state index contributed by atoms with van der Waals surface area (Å²) in [4.78, 5) is 3.18. The van der Waals surface area contributed by atoms with Gasteiger partial charge in [-0.1, -0.05) is 13.8 Å². The van der Waals surface area contributed by atoms with Crippen LogP contribution >= 0.6 is 0 Å². The molecule has 1 aromatic heterocycles. The Labute approximate surface area is 210 Å². The summed E-state index contributed by atoms with van der Waals surface area (Å²) in [6, 6.07) is 14.8. The Kier molecular flexibility index (Phi) is 9.73. The minimum Gasteiger partial charge on any atom is -0.490 e. The van der Waals surface area contributed by atoms with Gasteiger partial charge in [0.2, 0.25) is 0 Å². The molecule has 3 aromatic rings. The summed E-state index contributed by atoms with van der Waals surface area (Å²) in [6.07, 6.45) is 9.57. The standard InChI is InChI=1S/C14H20N2O.C13H16N2O.C2H6/c1-2-11-10-13(3-4-14(11)16-7-1)17-12-5-8-15-9-6-12;1-2-13-10(3-8-15-13)9-12(1)16-11-4-6-14-7-5-11;1-2/h3-4,10,12,15-16H,1-2,5-9H2;1-3,8-9,11,14-15H,4-7H2;1-2H3. The number of hydrogen-bond donors (Lipinski definition) is 4. The highest BCUT2D eigenvalue weighted by molar-refractivity contribution is 5.80. The fraction of sp³-hybridized carbons (Fsp3) is 0.517. The van der Waals surface area contributed by atoms with Crippen LogP contribution in [0.25, 0.3) is 10.9 Å². The van der Waals surface area contributed by atoms with Gasteiger partial charge in [0.25, 0.3) is 0 Å². The van der Waals surface area contributed by atoms with Crippen LogP contribution < -0.4 is 25.4 Å². The first-order chi connectivity index (χ1) is 17.3. The second-order valence-corrected chi connectivity index (χ2v) is 9.21. The van der Waals surface area contributed by atoms with E-state index in [2.05, 4.69) is 57.3 Å². The number of hydrogen-bond acceptors (Lipinski definition) is 5. The van der Waals surface area contributed by atoms with Crippen LogP contribution in [0, 0.1) is 0 Å². The molecule has 6 rings (SSSR count). The molecular weight excluding hydrogens is 436 g/mol. The summed E-state index contributed by atoms with van der Waals surface area (Å²) in [5.41, 5.74) is 3.86. The van der Waals surface area contributed by atoms with Crippen molar-refractivity contribution in [3.8, 4) is 11.5 Å². The van der Waals surface area contributed by atoms with Gasteiger partial charge in [0, 0.05) is 29.3 Å². The van der Waals surface area contributed by atoms with Gasteiger partial charge in [0.15, 0.2) is 0 Å². The van der Waals surface area contributed by atoms with Gasteiger partial charge in [0.05, 0.1) is 0 Å². The van der Waals surface area contributed by atoms with Gasteiger partial charge in [-0.3, -0.25) is 0 Å². The minimum absolute atomic E-state index is 0.373. The number of nitrogens with one attached hydrogen (secondary N) is 4. The molecule has 0 amide bonds. The molecule has 2 fully saturated rings. The molecule has 6 nitrogen and oxygen atoms in total. The Morgan fingerprint density at radius 2 is 1.34 bits per heavy atom. The van der Waals surface area contributed by atoms with Crippen LogP contribution in [0.4, 0.5) is 5.69 Å². The number of piperidine rings is 2. The Bertz CT molecular complexity index is 1020. The predicted octanol–water partition coefficient (Wildman–Crippen LogP) is 5.50. The normalized spacial score (nSPS) is 18.2. The third-order valence-electron chi connectivity index (χ3n) is 6.72. The average molecular weight is 479 g/mol. The SMILES string of the molecule is CC.c1cc2c(cc1OC1CCNCC1)CCCN2.c1cc2cc(OC3CCNCC3)ccc2[nH]1. The third kappa shape index (κ3) is 7.39. The number of aryl methyl sites for hydroxylation is 1. The van der Waals surface area contributed by atoms with Crippen LogP contribution in [0.15, 0.2) is 48.7 Å². The number of aromatic amines is 1. The van der Waals surface area contributed by atoms with Crippen LogP contribution in [0.1, 0.15) is 51.5 Å². The zero-order chi connectivity index (χ0) is 24.3. The van der Waals surface area contributed by atoms with Crippen LogP contribution in [0.5, 0.6) is 11.5 Å². The van der Waals surface area contributed by atoms with Gasteiger partial charge in [-0.15, -0.1) is 0 Å². The van der Waals surface area contributed by atoms with Crippen molar-refractivity contribution >= 4 is 16.6 Å². The summed E-state index contributed by atoms with van der Waals surface area (Å²) >= 11 is 0. The molecule has 3 aliphatic rings. The zero-order valence-corrected chi connectivity index (χ0v) is 21.4. The summed E-state index contributed by atoms with van der Waals surface area (Å²) in [5, 5.41) is 11.3. The molecule has 6 heteroatoms. The van der Waals surface area contributed by atoms with E-state index >= 15 is 0 Å². The summed E-state index contributed by atoms with van der Waals surface area (Å²) in [7, 11) is 0. The molecule has 0 radical (unpaired) electrons. The molecule has 0 bridgehead atoms. The van der Waals surface area contributed by atoms with Crippen molar-refractivity contribution in [2.45, 2.75) is 64.6 Å². The van der Waals surface area contributed by atoms with E-state index in [4.69, 9.17) is 9.47 Å². The first-order valence-corrected chi connectivity index (χ1v) is 13.5. The Morgan fingerprint density at radius 3 is 2.03 bits per heavy atom. The van der Waals surface area contributed by atoms with E-state index in [-0.39, 0.29) is 0 Å². The highest BCUT2D eigenvalue weighted by Crippen LogP contribution is 2.27. The molecule has 2 saturated heterocycles. The van der Waals surface area contributed by atoms with Crippen molar-refractivity contribution in [1.29, 1.82) is 0 Å². The van der Waals surface area contributed by atoms with E-state index in [0.717, 1.165) is 75.4 Å². The molecule has 0 atom stereocenters. The number of H-pyrrole nitrogens is 1. The zero-order valence-electron chi connectivity index (χ0n) is 21.4. The molecule has 0 spiro atoms. The number of ether oxygens (including phenoxy) is 2.